The lowest BCUT2D eigenvalue weighted by atomic mass is 10.1. The molecular weight excluding hydrogens is 312 g/mol. The third-order valence-corrected chi connectivity index (χ3v) is 4.04. The number of aromatic nitrogens is 3. The normalized spacial score (nSPS) is 10.8. The molecular formula is C20H16N4O. The smallest absolute Gasteiger partial charge is 0.257 e. The Morgan fingerprint density at radius 1 is 1.08 bits per heavy atom. The van der Waals surface area contributed by atoms with E-state index in [1.807, 2.05) is 60.1 Å². The van der Waals surface area contributed by atoms with Crippen molar-refractivity contribution >= 4 is 17.2 Å². The van der Waals surface area contributed by atoms with Gasteiger partial charge in [-0.15, -0.1) is 0 Å². The Hall–Kier alpha value is -3.47. The van der Waals surface area contributed by atoms with Gasteiger partial charge < -0.3 is 9.72 Å². The van der Waals surface area contributed by atoms with Crippen molar-refractivity contribution in [3.05, 3.63) is 84.4 Å². The summed E-state index contributed by atoms with van der Waals surface area (Å²) in [7, 11) is 0. The Labute approximate surface area is 145 Å². The van der Waals surface area contributed by atoms with Crippen LogP contribution >= 0.6 is 0 Å². The molecule has 3 aromatic heterocycles. The molecule has 1 aromatic carbocycles. The molecule has 0 saturated heterocycles. The zero-order valence-electron chi connectivity index (χ0n) is 13.7. The summed E-state index contributed by atoms with van der Waals surface area (Å²) in [5, 5.41) is 2.87. The average Bonchev–Trinajstić information content (AvgIpc) is 3.09. The number of nitrogens with one attached hydrogen (secondary N) is 1. The first kappa shape index (κ1) is 15.1. The molecule has 0 unspecified atom stereocenters. The van der Waals surface area contributed by atoms with Crippen molar-refractivity contribution in [2.75, 3.05) is 5.32 Å². The molecule has 0 fully saturated rings. The van der Waals surface area contributed by atoms with Crippen LogP contribution in [0.2, 0.25) is 0 Å². The van der Waals surface area contributed by atoms with E-state index in [2.05, 4.69) is 15.3 Å². The second-order valence-corrected chi connectivity index (χ2v) is 5.82. The molecule has 0 aliphatic rings. The van der Waals surface area contributed by atoms with Crippen molar-refractivity contribution in [1.82, 2.24) is 14.4 Å². The van der Waals surface area contributed by atoms with E-state index in [1.165, 1.54) is 0 Å². The van der Waals surface area contributed by atoms with Gasteiger partial charge in [-0.2, -0.15) is 0 Å². The van der Waals surface area contributed by atoms with Gasteiger partial charge in [0, 0.05) is 36.0 Å². The second kappa shape index (κ2) is 6.20. The Bertz CT molecular complexity index is 1040. The maximum absolute atomic E-state index is 12.2. The van der Waals surface area contributed by atoms with Crippen molar-refractivity contribution < 1.29 is 4.79 Å². The highest BCUT2D eigenvalue weighted by Gasteiger charge is 2.08. The van der Waals surface area contributed by atoms with Crippen LogP contribution < -0.4 is 5.32 Å². The average molecular weight is 328 g/mol. The molecule has 5 heteroatoms. The van der Waals surface area contributed by atoms with Gasteiger partial charge >= 0.3 is 0 Å². The van der Waals surface area contributed by atoms with E-state index in [0.717, 1.165) is 28.2 Å². The van der Waals surface area contributed by atoms with E-state index in [-0.39, 0.29) is 5.91 Å². The molecule has 0 radical (unpaired) electrons. The summed E-state index contributed by atoms with van der Waals surface area (Å²) in [5.74, 6) is -0.177. The highest BCUT2D eigenvalue weighted by atomic mass is 16.1. The number of benzene rings is 1. The largest absolute Gasteiger partial charge is 0.322 e. The number of amides is 1. The molecule has 0 saturated carbocycles. The summed E-state index contributed by atoms with van der Waals surface area (Å²) >= 11 is 0. The number of anilines is 1. The van der Waals surface area contributed by atoms with Crippen LogP contribution in [0.4, 0.5) is 5.69 Å². The van der Waals surface area contributed by atoms with E-state index in [0.29, 0.717) is 5.56 Å². The lowest BCUT2D eigenvalue weighted by Gasteiger charge is -2.05. The Balaban J connectivity index is 1.57. The molecule has 0 aliphatic heterocycles. The van der Waals surface area contributed by atoms with Crippen LogP contribution in [0.1, 0.15) is 15.9 Å². The molecule has 0 bridgehead atoms. The third-order valence-electron chi connectivity index (χ3n) is 4.04. The lowest BCUT2D eigenvalue weighted by Crippen LogP contribution is -2.11. The summed E-state index contributed by atoms with van der Waals surface area (Å²) in [6.07, 6.45) is 7.18. The molecule has 5 nitrogen and oxygen atoms in total. The number of hydrogen-bond donors (Lipinski definition) is 1. The molecule has 1 amide bonds. The number of pyridine rings is 2. The number of carbonyl (C=O) groups excluding carboxylic acids is 1. The summed E-state index contributed by atoms with van der Waals surface area (Å²) < 4.78 is 2.02. The second-order valence-electron chi connectivity index (χ2n) is 5.82. The van der Waals surface area contributed by atoms with Gasteiger partial charge in [0.1, 0.15) is 5.65 Å². The number of carbonyl (C=O) groups is 1. The fraction of sp³-hybridized carbons (Fsp3) is 0.0500. The van der Waals surface area contributed by atoms with Crippen molar-refractivity contribution in [3.8, 4) is 11.3 Å². The number of rotatable bonds is 3. The van der Waals surface area contributed by atoms with Crippen molar-refractivity contribution in [3.63, 3.8) is 0 Å². The topological polar surface area (TPSA) is 59.3 Å². The molecule has 122 valence electrons. The summed E-state index contributed by atoms with van der Waals surface area (Å²) in [6, 6.07) is 15.2. The molecule has 0 aliphatic carbocycles. The van der Waals surface area contributed by atoms with Crippen LogP contribution in [0.3, 0.4) is 0 Å². The number of nitrogens with zero attached hydrogens (tertiary/aromatic N) is 3. The molecule has 0 atom stereocenters. The minimum Gasteiger partial charge on any atom is -0.322 e. The highest BCUT2D eigenvalue weighted by molar-refractivity contribution is 6.04. The van der Waals surface area contributed by atoms with Crippen LogP contribution in [-0.4, -0.2) is 20.3 Å². The number of imidazole rings is 1. The molecule has 4 aromatic rings. The summed E-state index contributed by atoms with van der Waals surface area (Å²) in [5.41, 5.74) is 5.25. The first-order valence-corrected chi connectivity index (χ1v) is 7.97. The van der Waals surface area contributed by atoms with Gasteiger partial charge in [0.05, 0.1) is 11.3 Å². The van der Waals surface area contributed by atoms with E-state index in [9.17, 15) is 4.79 Å². The highest BCUT2D eigenvalue weighted by Crippen LogP contribution is 2.22. The Morgan fingerprint density at radius 2 is 1.92 bits per heavy atom. The van der Waals surface area contributed by atoms with Crippen molar-refractivity contribution in [1.29, 1.82) is 0 Å². The monoisotopic (exact) mass is 328 g/mol. The van der Waals surface area contributed by atoms with E-state index < -0.39 is 0 Å². The maximum atomic E-state index is 12.2. The molecule has 25 heavy (non-hydrogen) atoms. The predicted octanol–water partition coefficient (Wildman–Crippen LogP) is 3.96. The van der Waals surface area contributed by atoms with Crippen LogP contribution in [0.5, 0.6) is 0 Å². The minimum atomic E-state index is -0.177. The van der Waals surface area contributed by atoms with Crippen molar-refractivity contribution in [2.45, 2.75) is 6.92 Å². The first-order valence-electron chi connectivity index (χ1n) is 7.97. The standard InChI is InChI=1S/C20H16N4O/c1-14-4-3-11-24-13-18(23-19(14)24)15-6-8-17(9-7-15)22-20(25)16-5-2-10-21-12-16/h2-13H,1H3,(H,22,25). The van der Waals surface area contributed by atoms with Gasteiger partial charge in [-0.25, -0.2) is 4.98 Å². The predicted molar refractivity (Wildman–Crippen MR) is 97.6 cm³/mol. The zero-order chi connectivity index (χ0) is 17.2. The number of fused-ring (bicyclic) bond motifs is 1. The Morgan fingerprint density at radius 3 is 2.64 bits per heavy atom. The SMILES string of the molecule is Cc1cccn2cc(-c3ccc(NC(=O)c4cccnc4)cc3)nc12. The van der Waals surface area contributed by atoms with Gasteiger partial charge in [-0.3, -0.25) is 9.78 Å². The van der Waals surface area contributed by atoms with Crippen LogP contribution in [0.15, 0.2) is 73.3 Å². The van der Waals surface area contributed by atoms with Crippen LogP contribution in [0.25, 0.3) is 16.9 Å². The lowest BCUT2D eigenvalue weighted by molar-refractivity contribution is 0.102. The van der Waals surface area contributed by atoms with Gasteiger partial charge in [0.2, 0.25) is 0 Å². The quantitative estimate of drug-likeness (QED) is 0.619. The van der Waals surface area contributed by atoms with Crippen LogP contribution in [-0.2, 0) is 0 Å². The summed E-state index contributed by atoms with van der Waals surface area (Å²) in [6.45, 7) is 2.04. The fourth-order valence-corrected chi connectivity index (χ4v) is 2.72. The van der Waals surface area contributed by atoms with Gasteiger partial charge in [0.15, 0.2) is 0 Å². The zero-order valence-corrected chi connectivity index (χ0v) is 13.7. The Kier molecular flexibility index (Phi) is 3.74. The van der Waals surface area contributed by atoms with Crippen molar-refractivity contribution in [2.24, 2.45) is 0 Å². The first-order chi connectivity index (χ1) is 12.2. The van der Waals surface area contributed by atoms with Gasteiger partial charge in [0.25, 0.3) is 5.91 Å². The molecule has 4 rings (SSSR count). The molecule has 1 N–H and O–H groups in total. The van der Waals surface area contributed by atoms with Gasteiger partial charge in [-0.1, -0.05) is 18.2 Å². The number of hydrogen-bond acceptors (Lipinski definition) is 3. The molecule has 3 heterocycles. The fourth-order valence-electron chi connectivity index (χ4n) is 2.72. The van der Waals surface area contributed by atoms with E-state index in [4.69, 9.17) is 0 Å². The minimum absolute atomic E-state index is 0.177. The number of aryl methyl sites for hydroxylation is 1. The van der Waals surface area contributed by atoms with E-state index in [1.54, 1.807) is 24.5 Å². The maximum Gasteiger partial charge on any atom is 0.257 e. The van der Waals surface area contributed by atoms with Gasteiger partial charge in [-0.05, 0) is 42.8 Å². The van der Waals surface area contributed by atoms with Crippen LogP contribution in [0, 0.1) is 6.92 Å². The summed E-state index contributed by atoms with van der Waals surface area (Å²) in [4.78, 5) is 20.8. The molecule has 0 spiro atoms. The van der Waals surface area contributed by atoms with E-state index >= 15 is 0 Å². The third kappa shape index (κ3) is 2.99.